The van der Waals surface area contributed by atoms with Crippen molar-refractivity contribution in [3.05, 3.63) is 0 Å². The van der Waals surface area contributed by atoms with Crippen molar-refractivity contribution in [2.45, 2.75) is 12.8 Å². The van der Waals surface area contributed by atoms with Gasteiger partial charge in [-0.25, -0.2) is 0 Å². The fourth-order valence-corrected chi connectivity index (χ4v) is 4.94. The van der Waals surface area contributed by atoms with Crippen LogP contribution in [-0.2, 0) is 4.79 Å². The van der Waals surface area contributed by atoms with E-state index in [0.717, 1.165) is 35.5 Å². The molecule has 58 valence electrons. The molecule has 7 atom stereocenters. The molecule has 0 amide bonds. The van der Waals surface area contributed by atoms with Crippen molar-refractivity contribution < 1.29 is 4.79 Å². The zero-order valence-electron chi connectivity index (χ0n) is 6.44. The molecule has 0 aromatic rings. The van der Waals surface area contributed by atoms with Crippen molar-refractivity contribution in [1.82, 2.24) is 0 Å². The van der Waals surface area contributed by atoms with Gasteiger partial charge in [-0.3, -0.25) is 0 Å². The molecule has 5 saturated carbocycles. The Labute approximate surface area is 66.2 Å². The number of aldehydes is 1. The average molecular weight is 148 g/mol. The van der Waals surface area contributed by atoms with E-state index >= 15 is 0 Å². The summed E-state index contributed by atoms with van der Waals surface area (Å²) in [6, 6.07) is 0. The van der Waals surface area contributed by atoms with Crippen LogP contribution in [0, 0.1) is 41.4 Å². The van der Waals surface area contributed by atoms with Gasteiger partial charge in [0.2, 0.25) is 0 Å². The van der Waals surface area contributed by atoms with E-state index in [-0.39, 0.29) is 0 Å². The fourth-order valence-electron chi connectivity index (χ4n) is 4.94. The maximum atomic E-state index is 10.7. The third-order valence-corrected chi connectivity index (χ3v) is 5.03. The quantitative estimate of drug-likeness (QED) is 0.513. The minimum absolute atomic E-state index is 0.485. The van der Waals surface area contributed by atoms with E-state index in [1.54, 1.807) is 0 Å². The third-order valence-electron chi connectivity index (χ3n) is 5.03. The Hall–Kier alpha value is -0.330. The molecule has 0 heterocycles. The minimum Gasteiger partial charge on any atom is -0.303 e. The Morgan fingerprint density at radius 3 is 2.27 bits per heavy atom. The number of hydrogen-bond donors (Lipinski definition) is 0. The van der Waals surface area contributed by atoms with Gasteiger partial charge in [0.25, 0.3) is 0 Å². The largest absolute Gasteiger partial charge is 0.303 e. The Morgan fingerprint density at radius 1 is 0.909 bits per heavy atom. The highest BCUT2D eigenvalue weighted by Gasteiger charge is 2.77. The second-order valence-electron chi connectivity index (χ2n) is 4.99. The highest BCUT2D eigenvalue weighted by molar-refractivity contribution is 5.57. The smallest absolute Gasteiger partial charge is 0.123 e. The Bertz CT molecular complexity index is 247. The highest BCUT2D eigenvalue weighted by Crippen LogP contribution is 2.81. The highest BCUT2D eigenvalue weighted by atomic mass is 16.1. The molecule has 1 nitrogen and oxygen atoms in total. The van der Waals surface area contributed by atoms with Crippen LogP contribution < -0.4 is 0 Å². The molecule has 2 unspecified atom stereocenters. The first-order valence-corrected chi connectivity index (χ1v) is 4.87. The van der Waals surface area contributed by atoms with Gasteiger partial charge in [0.05, 0.1) is 0 Å². The van der Waals surface area contributed by atoms with Crippen LogP contribution in [0.15, 0.2) is 0 Å². The van der Waals surface area contributed by atoms with Crippen molar-refractivity contribution in [1.29, 1.82) is 0 Å². The van der Waals surface area contributed by atoms with Gasteiger partial charge in [-0.15, -0.1) is 0 Å². The first kappa shape index (κ1) is 5.34. The van der Waals surface area contributed by atoms with Gasteiger partial charge in [0, 0.05) is 5.92 Å². The second kappa shape index (κ2) is 1.30. The normalized spacial score (nSPS) is 74.0. The molecule has 0 radical (unpaired) electrons. The molecule has 0 spiro atoms. The molecule has 1 heteroatoms. The van der Waals surface area contributed by atoms with Gasteiger partial charge in [-0.05, 0) is 48.3 Å². The van der Waals surface area contributed by atoms with Gasteiger partial charge in [0.1, 0.15) is 6.29 Å². The van der Waals surface area contributed by atoms with Crippen LogP contribution in [0.3, 0.4) is 0 Å². The lowest BCUT2D eigenvalue weighted by Gasteiger charge is -2.14. The van der Waals surface area contributed by atoms with E-state index in [1.165, 1.54) is 19.1 Å². The number of carbonyl (C=O) groups is 1. The first-order valence-electron chi connectivity index (χ1n) is 4.87. The average Bonchev–Trinajstić information content (AvgIpc) is 2.41. The summed E-state index contributed by atoms with van der Waals surface area (Å²) < 4.78 is 0. The molecular weight excluding hydrogens is 136 g/mol. The van der Waals surface area contributed by atoms with Crippen LogP contribution in [0.1, 0.15) is 12.8 Å². The van der Waals surface area contributed by atoms with Crippen LogP contribution in [0.4, 0.5) is 0 Å². The van der Waals surface area contributed by atoms with E-state index in [0.29, 0.717) is 5.92 Å². The molecule has 5 rings (SSSR count). The van der Waals surface area contributed by atoms with E-state index in [4.69, 9.17) is 0 Å². The van der Waals surface area contributed by atoms with Crippen LogP contribution in [-0.4, -0.2) is 6.29 Å². The summed E-state index contributed by atoms with van der Waals surface area (Å²) in [6.07, 6.45) is 4.00. The maximum Gasteiger partial charge on any atom is 0.123 e. The van der Waals surface area contributed by atoms with Crippen molar-refractivity contribution in [2.24, 2.45) is 41.4 Å². The molecule has 0 N–H and O–H groups in total. The fraction of sp³-hybridized carbons (Fsp3) is 0.900. The monoisotopic (exact) mass is 148 g/mol. The van der Waals surface area contributed by atoms with Crippen molar-refractivity contribution in [3.63, 3.8) is 0 Å². The molecule has 0 aromatic heterocycles. The lowest BCUT2D eigenvalue weighted by atomic mass is 9.90. The van der Waals surface area contributed by atoms with Crippen LogP contribution in [0.2, 0.25) is 0 Å². The second-order valence-corrected chi connectivity index (χ2v) is 4.99. The van der Waals surface area contributed by atoms with E-state index in [2.05, 4.69) is 0 Å². The molecule has 0 saturated heterocycles. The molecule has 5 aliphatic rings. The number of hydrogen-bond acceptors (Lipinski definition) is 1. The summed E-state index contributed by atoms with van der Waals surface area (Å²) in [5.41, 5.74) is 0. The van der Waals surface area contributed by atoms with Gasteiger partial charge in [-0.1, -0.05) is 0 Å². The van der Waals surface area contributed by atoms with E-state index in [1.807, 2.05) is 0 Å². The van der Waals surface area contributed by atoms with Crippen molar-refractivity contribution in [2.75, 3.05) is 0 Å². The standard InChI is InChI=1S/C10H12O/c11-3-4-1-5-6-2-7-9(5)10(7)8(4)6/h3-10H,1-2H2/t4-,5-,6-,7+,8+,9?,10?/m0/s1. The number of rotatable bonds is 1. The van der Waals surface area contributed by atoms with Gasteiger partial charge < -0.3 is 4.79 Å². The lowest BCUT2D eigenvalue weighted by molar-refractivity contribution is -0.112. The summed E-state index contributed by atoms with van der Waals surface area (Å²) in [6.45, 7) is 0. The Morgan fingerprint density at radius 2 is 1.73 bits per heavy atom. The van der Waals surface area contributed by atoms with E-state index in [9.17, 15) is 4.79 Å². The SMILES string of the molecule is O=C[C@@H]1C[C@@H]2C3C4[C@@H]3C[C@@H]2[C@H]41. The van der Waals surface area contributed by atoms with Crippen molar-refractivity contribution in [3.8, 4) is 0 Å². The zero-order valence-corrected chi connectivity index (χ0v) is 6.44. The summed E-state index contributed by atoms with van der Waals surface area (Å²) in [5, 5.41) is 0. The van der Waals surface area contributed by atoms with Gasteiger partial charge >= 0.3 is 0 Å². The molecule has 11 heavy (non-hydrogen) atoms. The maximum absolute atomic E-state index is 10.7. The van der Waals surface area contributed by atoms with E-state index < -0.39 is 0 Å². The van der Waals surface area contributed by atoms with Gasteiger partial charge in [-0.2, -0.15) is 0 Å². The molecular formula is C10H12O. The summed E-state index contributed by atoms with van der Waals surface area (Å²) in [5.74, 6) is 6.61. The lowest BCUT2D eigenvalue weighted by Crippen LogP contribution is -2.14. The van der Waals surface area contributed by atoms with Crippen LogP contribution in [0.25, 0.3) is 0 Å². The minimum atomic E-state index is 0.485. The molecule has 0 aliphatic heterocycles. The molecule has 5 aliphatic carbocycles. The summed E-state index contributed by atoms with van der Waals surface area (Å²) >= 11 is 0. The predicted molar refractivity (Wildman–Crippen MR) is 39.7 cm³/mol. The Balaban J connectivity index is 1.85. The summed E-state index contributed by atoms with van der Waals surface area (Å²) in [7, 11) is 0. The molecule has 5 fully saturated rings. The van der Waals surface area contributed by atoms with Gasteiger partial charge in [0.15, 0.2) is 0 Å². The Kier molecular flexibility index (Phi) is 0.630. The number of carbonyl (C=O) groups excluding carboxylic acids is 1. The molecule has 0 aromatic carbocycles. The van der Waals surface area contributed by atoms with Crippen molar-refractivity contribution >= 4 is 6.29 Å². The topological polar surface area (TPSA) is 17.1 Å². The van der Waals surface area contributed by atoms with Crippen LogP contribution in [0.5, 0.6) is 0 Å². The molecule has 6 bridgehead atoms. The predicted octanol–water partition coefficient (Wildman–Crippen LogP) is 1.33. The summed E-state index contributed by atoms with van der Waals surface area (Å²) in [4.78, 5) is 10.7. The third kappa shape index (κ3) is 0.361. The van der Waals surface area contributed by atoms with Crippen LogP contribution >= 0.6 is 0 Å². The zero-order chi connectivity index (χ0) is 7.16. The first-order chi connectivity index (χ1) is 5.42.